The molecule has 0 fully saturated rings. The molecule has 0 heterocycles. The van der Waals surface area contributed by atoms with E-state index in [0.717, 1.165) is 22.5 Å². The molecule has 3 rings (SSSR count). The maximum Gasteiger partial charge on any atom is 0.150 e. The third-order valence-corrected chi connectivity index (χ3v) is 7.94. The number of hydrogen-bond acceptors (Lipinski definition) is 2. The van der Waals surface area contributed by atoms with Gasteiger partial charge >= 0.3 is 0 Å². The Kier molecular flexibility index (Phi) is 5.53. The van der Waals surface area contributed by atoms with Gasteiger partial charge < -0.3 is 4.57 Å². The summed E-state index contributed by atoms with van der Waals surface area (Å²) in [6.45, 7) is 0. The van der Waals surface area contributed by atoms with Gasteiger partial charge in [0.2, 0.25) is 0 Å². The van der Waals surface area contributed by atoms with Gasteiger partial charge in [-0.05, 0) is 11.6 Å². The van der Waals surface area contributed by atoms with Crippen molar-refractivity contribution in [3.8, 4) is 0 Å². The van der Waals surface area contributed by atoms with Crippen molar-refractivity contribution in [3.05, 3.63) is 96.1 Å². The van der Waals surface area contributed by atoms with E-state index in [2.05, 4.69) is 0 Å². The molecule has 2 nitrogen and oxygen atoms in total. The lowest BCUT2D eigenvalue weighted by molar-refractivity contribution is 0.112. The SMILES string of the molecule is O=Cc1cccc(C(Cl)CP(=O)(c2ccccc2)c2ccccc2)c1. The van der Waals surface area contributed by atoms with Gasteiger partial charge in [0.05, 0.1) is 5.38 Å². The molecule has 0 bridgehead atoms. The number of alkyl halides is 1. The molecule has 4 heteroatoms. The van der Waals surface area contributed by atoms with Gasteiger partial charge in [0.15, 0.2) is 0 Å². The van der Waals surface area contributed by atoms with Crippen LogP contribution in [0.1, 0.15) is 21.3 Å². The maximum atomic E-state index is 14.0. The van der Waals surface area contributed by atoms with Crippen LogP contribution in [0, 0.1) is 0 Å². The fourth-order valence-electron chi connectivity index (χ4n) is 2.86. The average Bonchev–Trinajstić information content (AvgIpc) is 2.69. The molecule has 0 saturated heterocycles. The molecule has 3 aromatic rings. The monoisotopic (exact) mass is 368 g/mol. The third-order valence-electron chi connectivity index (χ3n) is 4.17. The highest BCUT2D eigenvalue weighted by Crippen LogP contribution is 2.48. The smallest absolute Gasteiger partial charge is 0.150 e. The average molecular weight is 369 g/mol. The predicted molar refractivity (Wildman–Crippen MR) is 105 cm³/mol. The minimum atomic E-state index is -2.89. The van der Waals surface area contributed by atoms with E-state index >= 15 is 0 Å². The lowest BCUT2D eigenvalue weighted by atomic mass is 10.1. The Balaban J connectivity index is 2.01. The first-order valence-electron chi connectivity index (χ1n) is 8.03. The molecular weight excluding hydrogens is 351 g/mol. The van der Waals surface area contributed by atoms with Crippen LogP contribution in [-0.4, -0.2) is 12.4 Å². The van der Waals surface area contributed by atoms with Gasteiger partial charge in [-0.1, -0.05) is 78.9 Å². The van der Waals surface area contributed by atoms with Crippen LogP contribution < -0.4 is 10.6 Å². The first kappa shape index (κ1) is 17.7. The van der Waals surface area contributed by atoms with Crippen molar-refractivity contribution in [2.75, 3.05) is 6.16 Å². The molecule has 25 heavy (non-hydrogen) atoms. The van der Waals surface area contributed by atoms with Crippen molar-refractivity contribution in [2.45, 2.75) is 5.38 Å². The molecule has 0 aromatic heterocycles. The van der Waals surface area contributed by atoms with Gasteiger partial charge in [-0.25, -0.2) is 0 Å². The lowest BCUT2D eigenvalue weighted by Gasteiger charge is -2.22. The lowest BCUT2D eigenvalue weighted by Crippen LogP contribution is -2.20. The van der Waals surface area contributed by atoms with Crippen molar-refractivity contribution in [1.29, 1.82) is 0 Å². The zero-order valence-corrected chi connectivity index (χ0v) is 15.2. The predicted octanol–water partition coefficient (Wildman–Crippen LogP) is 4.79. The van der Waals surface area contributed by atoms with Crippen LogP contribution in [0.5, 0.6) is 0 Å². The van der Waals surface area contributed by atoms with E-state index in [-0.39, 0.29) is 0 Å². The van der Waals surface area contributed by atoms with Gasteiger partial charge in [0, 0.05) is 22.3 Å². The van der Waals surface area contributed by atoms with Crippen LogP contribution in [-0.2, 0) is 4.57 Å². The Hall–Kier alpha value is -2.15. The second kappa shape index (κ2) is 7.82. The Morgan fingerprint density at radius 2 is 1.40 bits per heavy atom. The highest BCUT2D eigenvalue weighted by Gasteiger charge is 2.30. The molecule has 126 valence electrons. The first-order chi connectivity index (χ1) is 12.1. The van der Waals surface area contributed by atoms with E-state index in [9.17, 15) is 9.36 Å². The van der Waals surface area contributed by atoms with Crippen molar-refractivity contribution >= 4 is 35.6 Å². The van der Waals surface area contributed by atoms with Gasteiger partial charge in [-0.15, -0.1) is 11.6 Å². The number of carbonyl (C=O) groups excluding carboxylic acids is 1. The second-order valence-electron chi connectivity index (χ2n) is 5.85. The Bertz CT molecular complexity index is 851. The summed E-state index contributed by atoms with van der Waals surface area (Å²) in [5, 5.41) is 1.13. The van der Waals surface area contributed by atoms with E-state index in [1.165, 1.54) is 0 Å². The van der Waals surface area contributed by atoms with E-state index in [1.807, 2.05) is 66.7 Å². The van der Waals surface area contributed by atoms with Crippen LogP contribution in [0.3, 0.4) is 0 Å². The van der Waals surface area contributed by atoms with Crippen LogP contribution in [0.2, 0.25) is 0 Å². The largest absolute Gasteiger partial charge is 0.314 e. The topological polar surface area (TPSA) is 34.1 Å². The van der Waals surface area contributed by atoms with Crippen LogP contribution in [0.15, 0.2) is 84.9 Å². The van der Waals surface area contributed by atoms with Crippen LogP contribution in [0.4, 0.5) is 0 Å². The summed E-state index contributed by atoms with van der Waals surface area (Å²) in [6, 6.07) is 26.1. The molecule has 0 aliphatic heterocycles. The molecular formula is C21H18ClO2P. The quantitative estimate of drug-likeness (QED) is 0.356. The van der Waals surface area contributed by atoms with E-state index < -0.39 is 12.5 Å². The molecule has 0 N–H and O–H groups in total. The summed E-state index contributed by atoms with van der Waals surface area (Å²) >= 11 is 6.63. The Morgan fingerprint density at radius 1 is 0.840 bits per heavy atom. The summed E-state index contributed by atoms with van der Waals surface area (Å²) in [4.78, 5) is 11.0. The Labute approximate surface area is 152 Å². The maximum absolute atomic E-state index is 14.0. The van der Waals surface area contributed by atoms with Crippen molar-refractivity contribution in [2.24, 2.45) is 0 Å². The van der Waals surface area contributed by atoms with Crippen molar-refractivity contribution in [3.63, 3.8) is 0 Å². The van der Waals surface area contributed by atoms with E-state index in [1.54, 1.807) is 18.2 Å². The summed E-state index contributed by atoms with van der Waals surface area (Å²) in [6.07, 6.45) is 1.09. The molecule has 0 saturated carbocycles. The minimum absolute atomic E-state index is 0.297. The third kappa shape index (κ3) is 3.92. The summed E-state index contributed by atoms with van der Waals surface area (Å²) in [7, 11) is -2.89. The molecule has 3 aromatic carbocycles. The highest BCUT2D eigenvalue weighted by atomic mass is 35.5. The standard InChI is InChI=1S/C21H18ClO2P/c22-21(18-9-7-8-17(14-18)15-23)16-25(24,19-10-3-1-4-11-19)20-12-5-2-6-13-20/h1-15,21H,16H2. The van der Waals surface area contributed by atoms with Crippen molar-refractivity contribution in [1.82, 2.24) is 0 Å². The summed E-state index contributed by atoms with van der Waals surface area (Å²) < 4.78 is 14.0. The Morgan fingerprint density at radius 3 is 1.92 bits per heavy atom. The second-order valence-corrected chi connectivity index (χ2v) is 9.25. The van der Waals surface area contributed by atoms with Crippen LogP contribution in [0.25, 0.3) is 0 Å². The first-order valence-corrected chi connectivity index (χ1v) is 10.4. The van der Waals surface area contributed by atoms with E-state index in [0.29, 0.717) is 11.7 Å². The van der Waals surface area contributed by atoms with Gasteiger partial charge in [-0.3, -0.25) is 4.79 Å². The molecule has 1 atom stereocenters. The van der Waals surface area contributed by atoms with Crippen molar-refractivity contribution < 1.29 is 9.36 Å². The molecule has 0 spiro atoms. The van der Waals surface area contributed by atoms with E-state index in [4.69, 9.17) is 11.6 Å². The normalized spacial score (nSPS) is 12.5. The molecule has 0 aliphatic rings. The number of benzene rings is 3. The van der Waals surface area contributed by atoms with Gasteiger partial charge in [0.25, 0.3) is 0 Å². The molecule has 0 amide bonds. The number of rotatable bonds is 6. The van der Waals surface area contributed by atoms with Gasteiger partial charge in [0.1, 0.15) is 13.4 Å². The zero-order chi connectivity index (χ0) is 17.7. The fourth-order valence-corrected chi connectivity index (χ4v) is 6.26. The van der Waals surface area contributed by atoms with Crippen LogP contribution >= 0.6 is 18.7 Å². The molecule has 0 aliphatic carbocycles. The van der Waals surface area contributed by atoms with Gasteiger partial charge in [-0.2, -0.15) is 0 Å². The summed E-state index contributed by atoms with van der Waals surface area (Å²) in [5.41, 5.74) is 1.37. The molecule has 0 radical (unpaired) electrons. The zero-order valence-electron chi connectivity index (χ0n) is 13.6. The molecule has 1 unspecified atom stereocenters. The fraction of sp³-hybridized carbons (Fsp3) is 0.0952. The minimum Gasteiger partial charge on any atom is -0.314 e. The number of aldehydes is 1. The number of carbonyl (C=O) groups is 1. The highest BCUT2D eigenvalue weighted by molar-refractivity contribution is 7.78. The number of halogens is 1. The number of hydrogen-bond donors (Lipinski definition) is 0. The summed E-state index contributed by atoms with van der Waals surface area (Å²) in [5.74, 6) is 0.